The number of rotatable bonds is 4. The van der Waals surface area contributed by atoms with Gasteiger partial charge < -0.3 is 10.1 Å². The Morgan fingerprint density at radius 3 is 3.00 bits per heavy atom. The fraction of sp³-hybridized carbons (Fsp3) is 0.500. The molecule has 1 fully saturated rings. The van der Waals surface area contributed by atoms with Crippen LogP contribution in [0.15, 0.2) is 24.3 Å². The van der Waals surface area contributed by atoms with Gasteiger partial charge in [-0.25, -0.2) is 0 Å². The van der Waals surface area contributed by atoms with E-state index >= 15 is 0 Å². The summed E-state index contributed by atoms with van der Waals surface area (Å²) in [6.07, 6.45) is 2.26. The Morgan fingerprint density at radius 1 is 1.47 bits per heavy atom. The first-order valence-electron chi connectivity index (χ1n) is 5.84. The van der Waals surface area contributed by atoms with Crippen molar-refractivity contribution >= 4 is 5.69 Å². The lowest BCUT2D eigenvalue weighted by molar-refractivity contribution is -0.385. The van der Waals surface area contributed by atoms with Crippen LogP contribution in [-0.2, 0) is 0 Å². The molecule has 0 bridgehead atoms. The summed E-state index contributed by atoms with van der Waals surface area (Å²) < 4.78 is 5.56. The van der Waals surface area contributed by atoms with Crippen LogP contribution in [0.4, 0.5) is 5.69 Å². The van der Waals surface area contributed by atoms with Crippen molar-refractivity contribution in [1.29, 1.82) is 0 Å². The van der Waals surface area contributed by atoms with Gasteiger partial charge in [-0.1, -0.05) is 12.1 Å². The molecule has 1 N–H and O–H groups in total. The Morgan fingerprint density at radius 2 is 2.29 bits per heavy atom. The zero-order valence-corrected chi connectivity index (χ0v) is 9.59. The van der Waals surface area contributed by atoms with Crippen LogP contribution in [0.25, 0.3) is 0 Å². The number of piperidine rings is 1. The summed E-state index contributed by atoms with van der Waals surface area (Å²) in [5, 5.41) is 14.1. The first kappa shape index (κ1) is 11.9. The van der Waals surface area contributed by atoms with E-state index in [-0.39, 0.29) is 5.69 Å². The molecule has 1 heterocycles. The summed E-state index contributed by atoms with van der Waals surface area (Å²) in [5.41, 5.74) is 0.0382. The number of ether oxygens (including phenoxy) is 1. The molecule has 1 atom stereocenters. The fourth-order valence-corrected chi connectivity index (χ4v) is 2.00. The van der Waals surface area contributed by atoms with Gasteiger partial charge in [-0.2, -0.15) is 0 Å². The molecule has 1 aliphatic rings. The van der Waals surface area contributed by atoms with Crippen LogP contribution in [0.1, 0.15) is 12.8 Å². The van der Waals surface area contributed by atoms with Gasteiger partial charge in [0.1, 0.15) is 0 Å². The van der Waals surface area contributed by atoms with Crippen LogP contribution in [0.2, 0.25) is 0 Å². The number of nitro groups is 1. The van der Waals surface area contributed by atoms with E-state index in [4.69, 9.17) is 4.74 Å². The zero-order valence-electron chi connectivity index (χ0n) is 9.59. The Balaban J connectivity index is 1.96. The normalized spacial score (nSPS) is 19.9. The highest BCUT2D eigenvalue weighted by Gasteiger charge is 2.17. The van der Waals surface area contributed by atoms with Crippen molar-refractivity contribution in [2.45, 2.75) is 12.8 Å². The van der Waals surface area contributed by atoms with Gasteiger partial charge in [0, 0.05) is 18.5 Å². The summed E-state index contributed by atoms with van der Waals surface area (Å²) in [5.74, 6) is 0.812. The second-order valence-corrected chi connectivity index (χ2v) is 4.25. The molecular formula is C12H16N2O3. The Labute approximate surface area is 99.9 Å². The highest BCUT2D eigenvalue weighted by atomic mass is 16.6. The predicted octanol–water partition coefficient (Wildman–Crippen LogP) is 1.97. The second-order valence-electron chi connectivity index (χ2n) is 4.25. The lowest BCUT2D eigenvalue weighted by atomic mass is 10.0. The van der Waals surface area contributed by atoms with Gasteiger partial charge in [-0.05, 0) is 25.5 Å². The molecule has 0 spiro atoms. The fourth-order valence-electron chi connectivity index (χ4n) is 2.00. The molecule has 1 aromatic carbocycles. The van der Waals surface area contributed by atoms with Gasteiger partial charge in [0.15, 0.2) is 5.75 Å². The lowest BCUT2D eigenvalue weighted by Gasteiger charge is -2.22. The van der Waals surface area contributed by atoms with Crippen LogP contribution in [0, 0.1) is 16.0 Å². The molecule has 1 aliphatic heterocycles. The smallest absolute Gasteiger partial charge is 0.310 e. The molecule has 0 unspecified atom stereocenters. The average Bonchev–Trinajstić information content (AvgIpc) is 2.38. The van der Waals surface area contributed by atoms with E-state index in [0.717, 1.165) is 25.9 Å². The van der Waals surface area contributed by atoms with Crippen molar-refractivity contribution < 1.29 is 9.66 Å². The number of hydrogen-bond acceptors (Lipinski definition) is 4. The van der Waals surface area contributed by atoms with Crippen molar-refractivity contribution in [3.63, 3.8) is 0 Å². The molecule has 92 valence electrons. The maximum atomic E-state index is 10.8. The van der Waals surface area contributed by atoms with E-state index in [1.54, 1.807) is 18.2 Å². The number of benzene rings is 1. The van der Waals surface area contributed by atoms with Gasteiger partial charge in [0.25, 0.3) is 0 Å². The molecule has 0 radical (unpaired) electrons. The summed E-state index contributed by atoms with van der Waals surface area (Å²) in [6.45, 7) is 2.53. The molecule has 1 saturated heterocycles. The number of hydrogen-bond donors (Lipinski definition) is 1. The minimum atomic E-state index is -0.408. The minimum absolute atomic E-state index is 0.0382. The molecule has 0 amide bonds. The summed E-state index contributed by atoms with van der Waals surface area (Å²) in [7, 11) is 0. The molecule has 0 saturated carbocycles. The molecule has 2 rings (SSSR count). The van der Waals surface area contributed by atoms with Crippen molar-refractivity contribution in [3.05, 3.63) is 34.4 Å². The standard InChI is InChI=1S/C12H16N2O3/c15-14(16)11-5-1-2-6-12(11)17-9-10-4-3-7-13-8-10/h1-2,5-6,10,13H,3-4,7-9H2/t10-/m0/s1. The van der Waals surface area contributed by atoms with Crippen LogP contribution >= 0.6 is 0 Å². The first-order valence-corrected chi connectivity index (χ1v) is 5.84. The van der Waals surface area contributed by atoms with E-state index < -0.39 is 4.92 Å². The van der Waals surface area contributed by atoms with Gasteiger partial charge in [-0.3, -0.25) is 10.1 Å². The molecule has 0 aromatic heterocycles. The number of nitrogens with zero attached hydrogens (tertiary/aromatic N) is 1. The van der Waals surface area contributed by atoms with Gasteiger partial charge in [0.2, 0.25) is 0 Å². The SMILES string of the molecule is O=[N+]([O-])c1ccccc1OC[C@H]1CCCNC1. The van der Waals surface area contributed by atoms with Crippen LogP contribution in [-0.4, -0.2) is 24.6 Å². The highest BCUT2D eigenvalue weighted by molar-refractivity contribution is 5.45. The van der Waals surface area contributed by atoms with E-state index in [1.165, 1.54) is 6.07 Å². The first-order chi connectivity index (χ1) is 8.27. The molecule has 1 aromatic rings. The van der Waals surface area contributed by atoms with Gasteiger partial charge in [-0.15, -0.1) is 0 Å². The maximum absolute atomic E-state index is 10.8. The largest absolute Gasteiger partial charge is 0.486 e. The van der Waals surface area contributed by atoms with Crippen molar-refractivity contribution in [2.24, 2.45) is 5.92 Å². The highest BCUT2D eigenvalue weighted by Crippen LogP contribution is 2.26. The zero-order chi connectivity index (χ0) is 12.1. The van der Waals surface area contributed by atoms with E-state index in [9.17, 15) is 10.1 Å². The topological polar surface area (TPSA) is 64.4 Å². The minimum Gasteiger partial charge on any atom is -0.486 e. The Hall–Kier alpha value is -1.62. The van der Waals surface area contributed by atoms with Gasteiger partial charge in [0.05, 0.1) is 11.5 Å². The molecular weight excluding hydrogens is 220 g/mol. The van der Waals surface area contributed by atoms with Crippen LogP contribution in [0.3, 0.4) is 0 Å². The van der Waals surface area contributed by atoms with Crippen molar-refractivity contribution in [2.75, 3.05) is 19.7 Å². The molecule has 5 nitrogen and oxygen atoms in total. The van der Waals surface area contributed by atoms with E-state index in [1.807, 2.05) is 0 Å². The third-order valence-electron chi connectivity index (χ3n) is 2.94. The predicted molar refractivity (Wildman–Crippen MR) is 64.2 cm³/mol. The second kappa shape index (κ2) is 5.63. The van der Waals surface area contributed by atoms with Crippen molar-refractivity contribution in [1.82, 2.24) is 5.32 Å². The average molecular weight is 236 g/mol. The van der Waals surface area contributed by atoms with Crippen molar-refractivity contribution in [3.8, 4) is 5.75 Å². The quantitative estimate of drug-likeness (QED) is 0.641. The maximum Gasteiger partial charge on any atom is 0.310 e. The molecule has 17 heavy (non-hydrogen) atoms. The number of nitrogens with one attached hydrogen (secondary N) is 1. The molecule has 5 heteroatoms. The van der Waals surface area contributed by atoms with E-state index in [2.05, 4.69) is 5.32 Å². The van der Waals surface area contributed by atoms with E-state index in [0.29, 0.717) is 18.3 Å². The lowest BCUT2D eigenvalue weighted by Crippen LogP contribution is -2.33. The summed E-state index contributed by atoms with van der Waals surface area (Å²) >= 11 is 0. The summed E-state index contributed by atoms with van der Waals surface area (Å²) in [6, 6.07) is 6.51. The Kier molecular flexibility index (Phi) is 3.93. The monoisotopic (exact) mass is 236 g/mol. The van der Waals surface area contributed by atoms with Gasteiger partial charge >= 0.3 is 5.69 Å². The molecule has 0 aliphatic carbocycles. The van der Waals surface area contributed by atoms with Crippen LogP contribution < -0.4 is 10.1 Å². The van der Waals surface area contributed by atoms with Crippen LogP contribution in [0.5, 0.6) is 5.75 Å². The Bertz CT molecular complexity index is 389. The third-order valence-corrected chi connectivity index (χ3v) is 2.94. The number of para-hydroxylation sites is 2. The third kappa shape index (κ3) is 3.17. The number of nitro benzene ring substituents is 1. The summed E-state index contributed by atoms with van der Waals surface area (Å²) in [4.78, 5) is 10.4.